The van der Waals surface area contributed by atoms with Crippen molar-refractivity contribution < 1.29 is 4.79 Å². The molecule has 2 saturated heterocycles. The lowest BCUT2D eigenvalue weighted by Gasteiger charge is -2.20. The van der Waals surface area contributed by atoms with Crippen LogP contribution in [0.25, 0.3) is 0 Å². The number of pyridine rings is 1. The number of nitrogens with zero attached hydrogens (tertiary/aromatic N) is 1. The van der Waals surface area contributed by atoms with E-state index in [1.54, 1.807) is 6.20 Å². The van der Waals surface area contributed by atoms with E-state index in [4.69, 9.17) is 5.73 Å². The summed E-state index contributed by atoms with van der Waals surface area (Å²) in [6.07, 6.45) is 4.92. The Kier molecular flexibility index (Phi) is 2.40. The molecule has 0 amide bonds. The summed E-state index contributed by atoms with van der Waals surface area (Å²) in [5.41, 5.74) is 7.40. The van der Waals surface area contributed by atoms with E-state index < -0.39 is 0 Å². The molecule has 2 fully saturated rings. The van der Waals surface area contributed by atoms with Gasteiger partial charge in [-0.3, -0.25) is 4.79 Å². The van der Waals surface area contributed by atoms with Crippen molar-refractivity contribution in [3.05, 3.63) is 23.4 Å². The Morgan fingerprint density at radius 2 is 2.35 bits per heavy atom. The molecule has 1 aromatic rings. The number of anilines is 1. The number of hydrogen-bond donors (Lipinski definition) is 2. The van der Waals surface area contributed by atoms with Crippen LogP contribution in [0.4, 0.5) is 5.82 Å². The smallest absolute Gasteiger partial charge is 0.171 e. The second-order valence-corrected chi connectivity index (χ2v) is 5.14. The molecule has 17 heavy (non-hydrogen) atoms. The van der Waals surface area contributed by atoms with Crippen LogP contribution in [-0.2, 0) is 0 Å². The lowest BCUT2D eigenvalue weighted by Crippen LogP contribution is -2.29. The number of carbonyl (C=O) groups is 1. The summed E-state index contributed by atoms with van der Waals surface area (Å²) in [6.45, 7) is 1.92. The molecule has 3 heterocycles. The number of nitrogens with two attached hydrogens (primary N) is 1. The minimum atomic E-state index is 0.0962. The van der Waals surface area contributed by atoms with Gasteiger partial charge in [-0.05, 0) is 37.8 Å². The zero-order valence-electron chi connectivity index (χ0n) is 9.94. The van der Waals surface area contributed by atoms with Gasteiger partial charge in [-0.2, -0.15) is 0 Å². The van der Waals surface area contributed by atoms with Crippen LogP contribution in [0, 0.1) is 12.8 Å². The molecule has 0 spiro atoms. The zero-order valence-corrected chi connectivity index (χ0v) is 9.94. The molecule has 4 nitrogen and oxygen atoms in total. The van der Waals surface area contributed by atoms with Crippen LogP contribution in [0.5, 0.6) is 0 Å². The molecule has 4 heteroatoms. The Bertz CT molecular complexity index is 451. The normalized spacial score (nSPS) is 30.8. The van der Waals surface area contributed by atoms with Crippen molar-refractivity contribution in [3.8, 4) is 0 Å². The van der Waals surface area contributed by atoms with Gasteiger partial charge in [0, 0.05) is 24.2 Å². The summed E-state index contributed by atoms with van der Waals surface area (Å²) in [5.74, 6) is 0.643. The molecular weight excluding hydrogens is 214 g/mol. The first-order valence-corrected chi connectivity index (χ1v) is 6.18. The summed E-state index contributed by atoms with van der Waals surface area (Å²) < 4.78 is 0. The number of carbonyl (C=O) groups excluding carboxylic acids is 1. The average Bonchev–Trinajstić information content (AvgIpc) is 2.90. The number of nitrogen functional groups attached to an aromatic ring is 1. The summed E-state index contributed by atoms with van der Waals surface area (Å²) >= 11 is 0. The Hall–Kier alpha value is -1.42. The van der Waals surface area contributed by atoms with Crippen LogP contribution in [0.3, 0.4) is 0 Å². The van der Waals surface area contributed by atoms with Crippen molar-refractivity contribution >= 4 is 11.6 Å². The number of ketones is 1. The van der Waals surface area contributed by atoms with Gasteiger partial charge >= 0.3 is 0 Å². The minimum absolute atomic E-state index is 0.0962. The molecule has 1 aromatic heterocycles. The van der Waals surface area contributed by atoms with Crippen molar-refractivity contribution in [2.45, 2.75) is 38.3 Å². The highest BCUT2D eigenvalue weighted by molar-refractivity contribution is 6.03. The predicted molar refractivity (Wildman–Crippen MR) is 65.8 cm³/mol. The molecule has 3 unspecified atom stereocenters. The SMILES string of the molecule is Cc1ccnc(N)c1C(=O)C1CC2CCC1N2. The standard InChI is InChI=1S/C13H17N3O/c1-7-4-5-15-13(14)11(7)12(17)9-6-8-2-3-10(9)16-8/h4-5,8-10,16H,2-3,6H2,1H3,(H2,14,15). The van der Waals surface area contributed by atoms with E-state index in [0.717, 1.165) is 18.4 Å². The number of aromatic nitrogens is 1. The number of nitrogens with one attached hydrogen (secondary N) is 1. The van der Waals surface area contributed by atoms with Crippen molar-refractivity contribution in [2.24, 2.45) is 5.92 Å². The molecule has 2 aliphatic heterocycles. The Morgan fingerprint density at radius 1 is 1.53 bits per heavy atom. The Labute approximate surface area is 101 Å². The molecule has 3 rings (SSSR count). The van der Waals surface area contributed by atoms with E-state index in [9.17, 15) is 4.79 Å². The monoisotopic (exact) mass is 231 g/mol. The molecule has 3 N–H and O–H groups in total. The highest BCUT2D eigenvalue weighted by atomic mass is 16.1. The van der Waals surface area contributed by atoms with Gasteiger partial charge < -0.3 is 11.1 Å². The van der Waals surface area contributed by atoms with E-state index >= 15 is 0 Å². The second-order valence-electron chi connectivity index (χ2n) is 5.14. The number of hydrogen-bond acceptors (Lipinski definition) is 4. The van der Waals surface area contributed by atoms with Crippen molar-refractivity contribution in [1.82, 2.24) is 10.3 Å². The first-order chi connectivity index (χ1) is 8.16. The number of aryl methyl sites for hydroxylation is 1. The van der Waals surface area contributed by atoms with Crippen LogP contribution in [0.15, 0.2) is 12.3 Å². The molecule has 0 aliphatic carbocycles. The van der Waals surface area contributed by atoms with Gasteiger partial charge in [0.1, 0.15) is 5.82 Å². The zero-order chi connectivity index (χ0) is 12.0. The fourth-order valence-corrected chi connectivity index (χ4v) is 3.20. The maximum absolute atomic E-state index is 12.5. The van der Waals surface area contributed by atoms with Crippen LogP contribution < -0.4 is 11.1 Å². The summed E-state index contributed by atoms with van der Waals surface area (Å²) in [5, 5.41) is 3.49. The molecule has 2 bridgehead atoms. The van der Waals surface area contributed by atoms with Crippen LogP contribution >= 0.6 is 0 Å². The third-order valence-electron chi connectivity index (χ3n) is 4.07. The molecule has 0 saturated carbocycles. The van der Waals surface area contributed by atoms with E-state index in [0.29, 0.717) is 23.5 Å². The molecular formula is C13H17N3O. The maximum Gasteiger partial charge on any atom is 0.171 e. The molecule has 3 atom stereocenters. The van der Waals surface area contributed by atoms with E-state index in [2.05, 4.69) is 10.3 Å². The summed E-state index contributed by atoms with van der Waals surface area (Å²) in [4.78, 5) is 16.5. The lowest BCUT2D eigenvalue weighted by molar-refractivity contribution is 0.0901. The molecule has 2 aliphatic rings. The fourth-order valence-electron chi connectivity index (χ4n) is 3.20. The lowest BCUT2D eigenvalue weighted by atomic mass is 9.83. The largest absolute Gasteiger partial charge is 0.383 e. The van der Waals surface area contributed by atoms with Gasteiger partial charge in [0.15, 0.2) is 5.78 Å². The fraction of sp³-hybridized carbons (Fsp3) is 0.538. The second kappa shape index (κ2) is 3.81. The number of Topliss-reactive ketones (excluding diaryl/α,β-unsaturated/α-hetero) is 1. The average molecular weight is 231 g/mol. The molecule has 90 valence electrons. The number of fused-ring (bicyclic) bond motifs is 2. The van der Waals surface area contributed by atoms with Gasteiger partial charge in [-0.25, -0.2) is 4.98 Å². The van der Waals surface area contributed by atoms with Crippen LogP contribution in [-0.4, -0.2) is 22.9 Å². The Balaban J connectivity index is 1.92. The predicted octanol–water partition coefficient (Wildman–Crippen LogP) is 1.30. The third kappa shape index (κ3) is 1.63. The van der Waals surface area contributed by atoms with Crippen LogP contribution in [0.2, 0.25) is 0 Å². The first kappa shape index (κ1) is 10.7. The van der Waals surface area contributed by atoms with Crippen molar-refractivity contribution in [1.29, 1.82) is 0 Å². The van der Waals surface area contributed by atoms with Gasteiger partial charge in [0.2, 0.25) is 0 Å². The van der Waals surface area contributed by atoms with Crippen molar-refractivity contribution in [3.63, 3.8) is 0 Å². The summed E-state index contributed by atoms with van der Waals surface area (Å²) in [6, 6.07) is 2.74. The van der Waals surface area contributed by atoms with E-state index in [1.807, 2.05) is 13.0 Å². The van der Waals surface area contributed by atoms with Gasteiger partial charge in [-0.15, -0.1) is 0 Å². The first-order valence-electron chi connectivity index (χ1n) is 6.18. The van der Waals surface area contributed by atoms with E-state index in [1.165, 1.54) is 6.42 Å². The maximum atomic E-state index is 12.5. The number of rotatable bonds is 2. The highest BCUT2D eigenvalue weighted by Crippen LogP contribution is 2.36. The topological polar surface area (TPSA) is 68.0 Å². The molecule has 0 radical (unpaired) electrons. The third-order valence-corrected chi connectivity index (χ3v) is 4.07. The molecule has 0 aromatic carbocycles. The van der Waals surface area contributed by atoms with Crippen LogP contribution in [0.1, 0.15) is 35.2 Å². The van der Waals surface area contributed by atoms with Gasteiger partial charge in [0.25, 0.3) is 0 Å². The quantitative estimate of drug-likeness (QED) is 0.753. The minimum Gasteiger partial charge on any atom is -0.383 e. The Morgan fingerprint density at radius 3 is 2.94 bits per heavy atom. The van der Waals surface area contributed by atoms with Gasteiger partial charge in [-0.1, -0.05) is 0 Å². The van der Waals surface area contributed by atoms with Crippen molar-refractivity contribution in [2.75, 3.05) is 5.73 Å². The van der Waals surface area contributed by atoms with Gasteiger partial charge in [0.05, 0.1) is 5.56 Å². The highest BCUT2D eigenvalue weighted by Gasteiger charge is 2.43. The summed E-state index contributed by atoms with van der Waals surface area (Å²) in [7, 11) is 0. The van der Waals surface area contributed by atoms with E-state index in [-0.39, 0.29) is 11.7 Å².